The maximum absolute atomic E-state index is 13.3. The highest BCUT2D eigenvalue weighted by Crippen LogP contribution is 2.23. The van der Waals surface area contributed by atoms with Crippen molar-refractivity contribution in [3.63, 3.8) is 0 Å². The predicted octanol–water partition coefficient (Wildman–Crippen LogP) is 4.45. The van der Waals surface area contributed by atoms with E-state index in [0.717, 1.165) is 17.3 Å². The van der Waals surface area contributed by atoms with Crippen molar-refractivity contribution in [2.24, 2.45) is 0 Å². The summed E-state index contributed by atoms with van der Waals surface area (Å²) in [6.07, 6.45) is 1.52. The molecule has 1 N–H and O–H groups in total. The zero-order valence-electron chi connectivity index (χ0n) is 19.0. The number of fused-ring (bicyclic) bond motifs is 1. The van der Waals surface area contributed by atoms with Gasteiger partial charge in [0.2, 0.25) is 5.91 Å². The molecule has 4 aromatic rings. The maximum Gasteiger partial charge on any atom is 0.337 e. The van der Waals surface area contributed by atoms with Gasteiger partial charge in [-0.05, 0) is 48.9 Å². The second-order valence-corrected chi connectivity index (χ2v) is 9.04. The molecule has 0 fully saturated rings. The van der Waals surface area contributed by atoms with Crippen molar-refractivity contribution in [2.45, 2.75) is 24.7 Å². The number of ether oxygens (including phenoxy) is 1. The number of furan rings is 1. The number of aromatic nitrogens is 2. The fraction of sp³-hybridized carbons (Fsp3) is 0.200. The van der Waals surface area contributed by atoms with Crippen molar-refractivity contribution in [3.05, 3.63) is 93.1 Å². The van der Waals surface area contributed by atoms with Crippen molar-refractivity contribution < 1.29 is 18.7 Å². The second kappa shape index (κ2) is 10.8. The highest BCUT2D eigenvalue weighted by atomic mass is 35.5. The number of hydrogen-bond acceptors (Lipinski definition) is 7. The molecule has 10 heteroatoms. The van der Waals surface area contributed by atoms with E-state index in [-0.39, 0.29) is 35.4 Å². The number of methoxy groups -OCH3 is 1. The Labute approximate surface area is 210 Å². The molecule has 0 aliphatic rings. The molecule has 0 radical (unpaired) electrons. The van der Waals surface area contributed by atoms with Gasteiger partial charge in [-0.3, -0.25) is 14.2 Å². The Morgan fingerprint density at radius 2 is 2.00 bits per heavy atom. The van der Waals surface area contributed by atoms with E-state index in [9.17, 15) is 14.4 Å². The molecule has 2 aromatic carbocycles. The first-order valence-electron chi connectivity index (χ1n) is 10.7. The lowest BCUT2D eigenvalue weighted by Crippen LogP contribution is -2.29. The van der Waals surface area contributed by atoms with E-state index in [4.69, 9.17) is 20.8 Å². The van der Waals surface area contributed by atoms with Gasteiger partial charge in [-0.1, -0.05) is 41.6 Å². The molecular weight excluding hydrogens is 490 g/mol. The largest absolute Gasteiger partial charge is 0.467 e. The first-order valence-corrected chi connectivity index (χ1v) is 12.1. The molecule has 2 heterocycles. The molecule has 0 bridgehead atoms. The number of hydrogen-bond donors (Lipinski definition) is 1. The van der Waals surface area contributed by atoms with Crippen LogP contribution in [-0.2, 0) is 16.1 Å². The number of rotatable bonds is 8. The van der Waals surface area contributed by atoms with Gasteiger partial charge in [-0.25, -0.2) is 9.78 Å². The van der Waals surface area contributed by atoms with Crippen LogP contribution in [0.1, 0.15) is 34.6 Å². The third-order valence-electron chi connectivity index (χ3n) is 5.32. The van der Waals surface area contributed by atoms with Gasteiger partial charge in [-0.2, -0.15) is 0 Å². The van der Waals surface area contributed by atoms with E-state index in [1.165, 1.54) is 30.1 Å². The number of carbonyl (C=O) groups is 2. The molecular formula is C25H22ClN3O5S. The van der Waals surface area contributed by atoms with Crippen molar-refractivity contribution in [1.82, 2.24) is 14.9 Å². The van der Waals surface area contributed by atoms with Crippen LogP contribution in [0.15, 0.2) is 75.2 Å². The van der Waals surface area contributed by atoms with Gasteiger partial charge in [0.1, 0.15) is 5.76 Å². The van der Waals surface area contributed by atoms with E-state index in [1.807, 2.05) is 25.1 Å². The van der Waals surface area contributed by atoms with E-state index >= 15 is 0 Å². The average Bonchev–Trinajstić information content (AvgIpc) is 3.37. The van der Waals surface area contributed by atoms with Crippen LogP contribution in [0.2, 0.25) is 5.02 Å². The summed E-state index contributed by atoms with van der Waals surface area (Å²) in [5, 5.41) is 4.14. The summed E-state index contributed by atoms with van der Waals surface area (Å²) < 4.78 is 11.6. The average molecular weight is 512 g/mol. The molecule has 1 amide bonds. The fourth-order valence-electron chi connectivity index (χ4n) is 3.57. The van der Waals surface area contributed by atoms with Crippen LogP contribution in [-0.4, -0.2) is 34.3 Å². The standard InChI is InChI=1S/C25H22ClN3O5S/c1-15(18-7-3-4-8-20(18)26)27-22(30)14-35-25-28-21-12-16(24(32)33-2)9-10-19(21)23(31)29(25)13-17-6-5-11-34-17/h3-12,15H,13-14H2,1-2H3,(H,27,30). The van der Waals surface area contributed by atoms with Crippen LogP contribution >= 0.6 is 23.4 Å². The summed E-state index contributed by atoms with van der Waals surface area (Å²) in [5.74, 6) is -0.194. The first-order chi connectivity index (χ1) is 16.9. The Bertz CT molecular complexity index is 1440. The van der Waals surface area contributed by atoms with Gasteiger partial charge in [-0.15, -0.1) is 0 Å². The molecule has 2 aromatic heterocycles. The quantitative estimate of drug-likeness (QED) is 0.212. The third-order valence-corrected chi connectivity index (χ3v) is 6.64. The van der Waals surface area contributed by atoms with E-state index in [1.54, 1.807) is 24.3 Å². The highest BCUT2D eigenvalue weighted by molar-refractivity contribution is 7.99. The molecule has 8 nitrogen and oxygen atoms in total. The smallest absolute Gasteiger partial charge is 0.337 e. The van der Waals surface area contributed by atoms with Gasteiger partial charge in [0, 0.05) is 5.02 Å². The number of thioether (sulfide) groups is 1. The minimum absolute atomic E-state index is 0.0155. The summed E-state index contributed by atoms with van der Waals surface area (Å²) in [4.78, 5) is 42.6. The van der Waals surface area contributed by atoms with Gasteiger partial charge < -0.3 is 14.5 Å². The second-order valence-electron chi connectivity index (χ2n) is 7.69. The fourth-order valence-corrected chi connectivity index (χ4v) is 4.68. The first kappa shape index (κ1) is 24.6. The molecule has 0 spiro atoms. The van der Waals surface area contributed by atoms with Crippen molar-refractivity contribution in [3.8, 4) is 0 Å². The molecule has 1 atom stereocenters. The van der Waals surface area contributed by atoms with E-state index in [2.05, 4.69) is 10.3 Å². The number of halogens is 1. The zero-order chi connectivity index (χ0) is 24.9. The summed E-state index contributed by atoms with van der Waals surface area (Å²) in [6.45, 7) is 1.99. The molecule has 35 heavy (non-hydrogen) atoms. The lowest BCUT2D eigenvalue weighted by Gasteiger charge is -2.16. The normalized spacial score (nSPS) is 11.9. The van der Waals surface area contributed by atoms with Crippen LogP contribution in [0.4, 0.5) is 0 Å². The number of carbonyl (C=O) groups excluding carboxylic acids is 2. The minimum atomic E-state index is -0.532. The van der Waals surface area contributed by atoms with Gasteiger partial charge in [0.05, 0.1) is 48.2 Å². The summed E-state index contributed by atoms with van der Waals surface area (Å²) in [5.41, 5.74) is 1.11. The Balaban J connectivity index is 1.62. The number of nitrogens with one attached hydrogen (secondary N) is 1. The van der Waals surface area contributed by atoms with Crippen LogP contribution in [0.3, 0.4) is 0 Å². The Morgan fingerprint density at radius 3 is 2.71 bits per heavy atom. The maximum atomic E-state index is 13.3. The molecule has 1 unspecified atom stereocenters. The minimum Gasteiger partial charge on any atom is -0.467 e. The summed E-state index contributed by atoms with van der Waals surface area (Å²) in [7, 11) is 1.28. The van der Waals surface area contributed by atoms with Crippen molar-refractivity contribution >= 4 is 46.1 Å². The lowest BCUT2D eigenvalue weighted by molar-refractivity contribution is -0.119. The highest BCUT2D eigenvalue weighted by Gasteiger charge is 2.18. The molecule has 180 valence electrons. The molecule has 0 saturated heterocycles. The lowest BCUT2D eigenvalue weighted by atomic mass is 10.1. The molecule has 0 aliphatic heterocycles. The van der Waals surface area contributed by atoms with Crippen LogP contribution in [0, 0.1) is 0 Å². The number of benzene rings is 2. The molecule has 0 aliphatic carbocycles. The number of amides is 1. The zero-order valence-corrected chi connectivity index (χ0v) is 20.6. The SMILES string of the molecule is COC(=O)c1ccc2c(=O)n(Cc3ccco3)c(SCC(=O)NC(C)c3ccccc3Cl)nc2c1. The summed E-state index contributed by atoms with van der Waals surface area (Å²) in [6, 6.07) is 15.1. The van der Waals surface area contributed by atoms with Gasteiger partial charge in [0.15, 0.2) is 5.16 Å². The predicted molar refractivity (Wildman–Crippen MR) is 134 cm³/mol. The van der Waals surface area contributed by atoms with Crippen LogP contribution in [0.5, 0.6) is 0 Å². The third kappa shape index (κ3) is 5.58. The van der Waals surface area contributed by atoms with E-state index in [0.29, 0.717) is 26.8 Å². The summed E-state index contributed by atoms with van der Waals surface area (Å²) >= 11 is 7.35. The van der Waals surface area contributed by atoms with Gasteiger partial charge >= 0.3 is 5.97 Å². The topological polar surface area (TPSA) is 103 Å². The molecule has 0 saturated carbocycles. The van der Waals surface area contributed by atoms with E-state index < -0.39 is 5.97 Å². The Kier molecular flexibility index (Phi) is 7.57. The van der Waals surface area contributed by atoms with Crippen molar-refractivity contribution in [2.75, 3.05) is 12.9 Å². The van der Waals surface area contributed by atoms with Gasteiger partial charge in [0.25, 0.3) is 5.56 Å². The monoisotopic (exact) mass is 511 g/mol. The van der Waals surface area contributed by atoms with Crippen LogP contribution in [0.25, 0.3) is 10.9 Å². The Hall–Kier alpha value is -3.56. The van der Waals surface area contributed by atoms with Crippen molar-refractivity contribution in [1.29, 1.82) is 0 Å². The number of nitrogens with zero attached hydrogens (tertiary/aromatic N) is 2. The van der Waals surface area contributed by atoms with Crippen LogP contribution < -0.4 is 10.9 Å². The number of esters is 1. The molecule has 4 rings (SSSR count). The Morgan fingerprint density at radius 1 is 1.20 bits per heavy atom.